The van der Waals surface area contributed by atoms with Crippen molar-refractivity contribution >= 4 is 5.91 Å². The van der Waals surface area contributed by atoms with E-state index in [2.05, 4.69) is 5.32 Å². The van der Waals surface area contributed by atoms with Crippen molar-refractivity contribution in [3.63, 3.8) is 0 Å². The van der Waals surface area contributed by atoms with E-state index in [4.69, 9.17) is 10.5 Å². The molecular weight excluding hydrogens is 244 g/mol. The molecule has 0 bridgehead atoms. The van der Waals surface area contributed by atoms with E-state index in [1.165, 1.54) is 0 Å². The summed E-state index contributed by atoms with van der Waals surface area (Å²) in [6.07, 6.45) is 4.71. The highest BCUT2D eigenvalue weighted by molar-refractivity contribution is 5.79. The lowest BCUT2D eigenvalue weighted by Gasteiger charge is -2.31. The third-order valence-corrected chi connectivity index (χ3v) is 4.04. The summed E-state index contributed by atoms with van der Waals surface area (Å²) in [6, 6.07) is 0. The van der Waals surface area contributed by atoms with Gasteiger partial charge in [-0.25, -0.2) is 0 Å². The molecule has 1 fully saturated rings. The summed E-state index contributed by atoms with van der Waals surface area (Å²) in [5.41, 5.74) is 4.82. The second-order valence-electron chi connectivity index (χ2n) is 5.84. The summed E-state index contributed by atoms with van der Waals surface area (Å²) in [6.45, 7) is 3.03. The Hall–Kier alpha value is -0.650. The molecule has 1 rings (SSSR count). The van der Waals surface area contributed by atoms with E-state index in [0.29, 0.717) is 19.6 Å². The molecule has 112 valence electrons. The number of ether oxygens (including phenoxy) is 1. The predicted molar refractivity (Wildman–Crippen MR) is 74.6 cm³/mol. The molecule has 3 atom stereocenters. The molecule has 5 nitrogen and oxygen atoms in total. The molecule has 1 aliphatic carbocycles. The number of hydrogen-bond acceptors (Lipinski definition) is 4. The Morgan fingerprint density at radius 3 is 2.79 bits per heavy atom. The van der Waals surface area contributed by atoms with E-state index < -0.39 is 5.60 Å². The van der Waals surface area contributed by atoms with Crippen LogP contribution in [-0.2, 0) is 9.53 Å². The SMILES string of the molecule is COCCC(C)(O)CNC(=O)C1CCCCC1CN. The zero-order valence-electron chi connectivity index (χ0n) is 12.2. The smallest absolute Gasteiger partial charge is 0.223 e. The van der Waals surface area contributed by atoms with E-state index in [-0.39, 0.29) is 24.3 Å². The van der Waals surface area contributed by atoms with Crippen molar-refractivity contribution in [2.24, 2.45) is 17.6 Å². The fourth-order valence-corrected chi connectivity index (χ4v) is 2.65. The van der Waals surface area contributed by atoms with Gasteiger partial charge in [-0.1, -0.05) is 12.8 Å². The molecule has 0 heterocycles. The van der Waals surface area contributed by atoms with Gasteiger partial charge in [0.25, 0.3) is 0 Å². The van der Waals surface area contributed by atoms with Crippen LogP contribution in [0.15, 0.2) is 0 Å². The van der Waals surface area contributed by atoms with Crippen LogP contribution in [0.25, 0.3) is 0 Å². The first kappa shape index (κ1) is 16.4. The minimum atomic E-state index is -0.918. The van der Waals surface area contributed by atoms with Crippen molar-refractivity contribution in [3.8, 4) is 0 Å². The lowest BCUT2D eigenvalue weighted by molar-refractivity contribution is -0.129. The first-order valence-corrected chi connectivity index (χ1v) is 7.19. The van der Waals surface area contributed by atoms with Crippen LogP contribution in [-0.4, -0.2) is 43.4 Å². The summed E-state index contributed by atoms with van der Waals surface area (Å²) < 4.78 is 4.95. The topological polar surface area (TPSA) is 84.6 Å². The van der Waals surface area contributed by atoms with E-state index in [0.717, 1.165) is 25.7 Å². The highest BCUT2D eigenvalue weighted by atomic mass is 16.5. The number of nitrogens with one attached hydrogen (secondary N) is 1. The molecule has 0 spiro atoms. The molecule has 4 N–H and O–H groups in total. The van der Waals surface area contributed by atoms with Crippen LogP contribution in [0.4, 0.5) is 0 Å². The van der Waals surface area contributed by atoms with Crippen LogP contribution in [0.3, 0.4) is 0 Å². The first-order valence-electron chi connectivity index (χ1n) is 7.19. The fourth-order valence-electron chi connectivity index (χ4n) is 2.65. The Balaban J connectivity index is 2.41. The monoisotopic (exact) mass is 272 g/mol. The number of methoxy groups -OCH3 is 1. The standard InChI is InChI=1S/C14H28N2O3/c1-14(18,7-8-19-2)10-16-13(17)12-6-4-3-5-11(12)9-15/h11-12,18H,3-10,15H2,1-2H3,(H,16,17). The molecule has 19 heavy (non-hydrogen) atoms. The van der Waals surface area contributed by atoms with Crippen LogP contribution in [0.1, 0.15) is 39.0 Å². The minimum Gasteiger partial charge on any atom is -0.388 e. The zero-order chi connectivity index (χ0) is 14.3. The number of rotatable bonds is 7. The van der Waals surface area contributed by atoms with Gasteiger partial charge < -0.3 is 20.9 Å². The van der Waals surface area contributed by atoms with Crippen LogP contribution in [0, 0.1) is 11.8 Å². The number of aliphatic hydroxyl groups is 1. The summed E-state index contributed by atoms with van der Waals surface area (Å²) >= 11 is 0. The van der Waals surface area contributed by atoms with Crippen LogP contribution in [0.5, 0.6) is 0 Å². The van der Waals surface area contributed by atoms with Crippen LogP contribution in [0.2, 0.25) is 0 Å². The van der Waals surface area contributed by atoms with Crippen molar-refractivity contribution in [2.75, 3.05) is 26.8 Å². The van der Waals surface area contributed by atoms with Crippen LogP contribution < -0.4 is 11.1 Å². The highest BCUT2D eigenvalue weighted by Gasteiger charge is 2.31. The molecule has 1 amide bonds. The molecule has 1 saturated carbocycles. The van der Waals surface area contributed by atoms with Crippen molar-refractivity contribution in [1.29, 1.82) is 0 Å². The zero-order valence-corrected chi connectivity index (χ0v) is 12.2. The van der Waals surface area contributed by atoms with Gasteiger partial charge >= 0.3 is 0 Å². The Labute approximate surface area is 115 Å². The number of carbonyl (C=O) groups is 1. The van der Waals surface area contributed by atoms with Gasteiger partial charge in [0.05, 0.1) is 5.60 Å². The molecule has 5 heteroatoms. The maximum Gasteiger partial charge on any atom is 0.223 e. The van der Waals surface area contributed by atoms with Crippen LogP contribution >= 0.6 is 0 Å². The third kappa shape index (κ3) is 5.47. The van der Waals surface area contributed by atoms with Gasteiger partial charge in [0.15, 0.2) is 0 Å². The molecule has 0 saturated heterocycles. The van der Waals surface area contributed by atoms with E-state index in [1.54, 1.807) is 14.0 Å². The molecular formula is C14H28N2O3. The van der Waals surface area contributed by atoms with Gasteiger partial charge in [-0.15, -0.1) is 0 Å². The van der Waals surface area contributed by atoms with E-state index in [9.17, 15) is 9.90 Å². The predicted octanol–water partition coefficient (Wildman–Crippen LogP) is 0.655. The Kier molecular flexibility index (Phi) is 6.75. The minimum absolute atomic E-state index is 0.0111. The number of amides is 1. The van der Waals surface area contributed by atoms with Gasteiger partial charge in [0.2, 0.25) is 5.91 Å². The summed E-state index contributed by atoms with van der Waals surface area (Å²) in [5.74, 6) is 0.336. The van der Waals surface area contributed by atoms with Gasteiger partial charge in [-0.2, -0.15) is 0 Å². The fraction of sp³-hybridized carbons (Fsp3) is 0.929. The molecule has 0 aliphatic heterocycles. The maximum absolute atomic E-state index is 12.2. The lowest BCUT2D eigenvalue weighted by atomic mass is 9.78. The Bertz CT molecular complexity index is 282. The molecule has 3 unspecified atom stereocenters. The number of hydrogen-bond donors (Lipinski definition) is 3. The van der Waals surface area contributed by atoms with Gasteiger partial charge in [-0.3, -0.25) is 4.79 Å². The Morgan fingerprint density at radius 1 is 1.47 bits per heavy atom. The molecule has 1 aliphatic rings. The number of carbonyl (C=O) groups excluding carboxylic acids is 1. The van der Waals surface area contributed by atoms with E-state index in [1.807, 2.05) is 0 Å². The van der Waals surface area contributed by atoms with Gasteiger partial charge in [0, 0.05) is 32.6 Å². The normalized spacial score (nSPS) is 26.7. The lowest BCUT2D eigenvalue weighted by Crippen LogP contribution is -2.46. The molecule has 0 radical (unpaired) electrons. The van der Waals surface area contributed by atoms with Crippen molar-refractivity contribution in [2.45, 2.75) is 44.6 Å². The Morgan fingerprint density at radius 2 is 2.16 bits per heavy atom. The quantitative estimate of drug-likeness (QED) is 0.635. The van der Waals surface area contributed by atoms with Crippen molar-refractivity contribution < 1.29 is 14.6 Å². The van der Waals surface area contributed by atoms with Gasteiger partial charge in [0.1, 0.15) is 0 Å². The van der Waals surface area contributed by atoms with Crippen molar-refractivity contribution in [1.82, 2.24) is 5.32 Å². The number of nitrogens with two attached hydrogens (primary N) is 1. The summed E-state index contributed by atoms with van der Waals surface area (Å²) in [4.78, 5) is 12.2. The molecule has 0 aromatic rings. The maximum atomic E-state index is 12.2. The highest BCUT2D eigenvalue weighted by Crippen LogP contribution is 2.29. The van der Waals surface area contributed by atoms with Gasteiger partial charge in [-0.05, 0) is 32.2 Å². The first-order chi connectivity index (χ1) is 9.00. The average Bonchev–Trinajstić information content (AvgIpc) is 2.42. The van der Waals surface area contributed by atoms with E-state index >= 15 is 0 Å². The average molecular weight is 272 g/mol. The largest absolute Gasteiger partial charge is 0.388 e. The molecule has 0 aromatic heterocycles. The summed E-state index contributed by atoms with van der Waals surface area (Å²) in [5, 5.41) is 13.0. The van der Waals surface area contributed by atoms with Crippen molar-refractivity contribution in [3.05, 3.63) is 0 Å². The second kappa shape index (κ2) is 7.82. The molecule has 0 aromatic carbocycles. The second-order valence-corrected chi connectivity index (χ2v) is 5.84. The third-order valence-electron chi connectivity index (χ3n) is 4.04. The summed E-state index contributed by atoms with van der Waals surface area (Å²) in [7, 11) is 1.60.